The number of carboxylic acid groups (broad SMARTS) is 1. The zero-order chi connectivity index (χ0) is 15.3. The predicted octanol–water partition coefficient (Wildman–Crippen LogP) is -1.42. The molecule has 0 fully saturated rings. The summed E-state index contributed by atoms with van der Waals surface area (Å²) < 4.78 is 24.7. The Morgan fingerprint density at radius 3 is 1.76 bits per heavy atom. The van der Waals surface area contributed by atoms with Gasteiger partial charge in [0.25, 0.3) is 0 Å². The van der Waals surface area contributed by atoms with Gasteiger partial charge in [-0.25, -0.2) is 13.1 Å². The second-order valence-corrected chi connectivity index (χ2v) is 7.12. The van der Waals surface area contributed by atoms with E-state index in [1.54, 1.807) is 0 Å². The van der Waals surface area contributed by atoms with Crippen molar-refractivity contribution in [2.75, 3.05) is 12.3 Å². The standard InChI is InChI=1S/C14H29NO4S.Na/c1-2-3-4-5-6-7-8-9-10-11-12-20(18,19)15-13-14(16)17;/h15H,2-13H2,1H3,(H,16,17);/q;+1/p-1. The summed E-state index contributed by atoms with van der Waals surface area (Å²) in [5.41, 5.74) is 0. The number of sulfonamides is 1. The van der Waals surface area contributed by atoms with Crippen LogP contribution in [0.5, 0.6) is 0 Å². The van der Waals surface area contributed by atoms with Crippen molar-refractivity contribution < 1.29 is 47.9 Å². The number of carbonyl (C=O) groups excluding carboxylic acids is 1. The Hall–Kier alpha value is 0.380. The Balaban J connectivity index is 0. The van der Waals surface area contributed by atoms with Crippen molar-refractivity contribution in [3.05, 3.63) is 0 Å². The van der Waals surface area contributed by atoms with Crippen LogP contribution in [0.25, 0.3) is 0 Å². The maximum Gasteiger partial charge on any atom is 1.00 e. The van der Waals surface area contributed by atoms with Gasteiger partial charge in [-0.05, 0) is 6.42 Å². The number of unbranched alkanes of at least 4 members (excludes halogenated alkanes) is 9. The SMILES string of the molecule is CCCCCCCCCCCCS(=O)(=O)NCC(=O)[O-].[Na+]. The van der Waals surface area contributed by atoms with Crippen molar-refractivity contribution in [1.29, 1.82) is 0 Å². The number of carboxylic acids is 1. The monoisotopic (exact) mass is 329 g/mol. The van der Waals surface area contributed by atoms with Gasteiger partial charge in [-0.2, -0.15) is 0 Å². The molecule has 1 N–H and O–H groups in total. The van der Waals surface area contributed by atoms with Gasteiger partial charge in [0.1, 0.15) is 0 Å². The van der Waals surface area contributed by atoms with E-state index >= 15 is 0 Å². The first-order valence-electron chi connectivity index (χ1n) is 7.65. The minimum Gasteiger partial charge on any atom is -0.549 e. The van der Waals surface area contributed by atoms with Crippen molar-refractivity contribution in [2.24, 2.45) is 0 Å². The number of hydrogen-bond acceptors (Lipinski definition) is 4. The molecule has 0 amide bonds. The number of rotatable bonds is 14. The molecule has 0 atom stereocenters. The number of carbonyl (C=O) groups is 1. The van der Waals surface area contributed by atoms with Gasteiger partial charge in [0.15, 0.2) is 0 Å². The Kier molecular flexibility index (Phi) is 17.2. The van der Waals surface area contributed by atoms with E-state index in [1.165, 1.54) is 38.5 Å². The topological polar surface area (TPSA) is 86.3 Å². The molecule has 120 valence electrons. The summed E-state index contributed by atoms with van der Waals surface area (Å²) in [5, 5.41) is 10.2. The maximum absolute atomic E-state index is 11.4. The van der Waals surface area contributed by atoms with E-state index in [2.05, 4.69) is 6.92 Å². The molecule has 0 aromatic heterocycles. The van der Waals surface area contributed by atoms with Gasteiger partial charge < -0.3 is 9.90 Å². The van der Waals surface area contributed by atoms with E-state index in [9.17, 15) is 18.3 Å². The Labute approximate surface area is 151 Å². The quantitative estimate of drug-likeness (QED) is 0.313. The molecule has 0 unspecified atom stereocenters. The van der Waals surface area contributed by atoms with Gasteiger partial charge in [-0.15, -0.1) is 0 Å². The number of hydrogen-bond donors (Lipinski definition) is 1. The molecule has 0 bridgehead atoms. The summed E-state index contributed by atoms with van der Waals surface area (Å²) in [4.78, 5) is 10.2. The molecule has 0 spiro atoms. The van der Waals surface area contributed by atoms with Gasteiger partial charge in [-0.1, -0.05) is 64.7 Å². The molecule has 0 aliphatic rings. The molecular weight excluding hydrogens is 301 g/mol. The van der Waals surface area contributed by atoms with Crippen LogP contribution >= 0.6 is 0 Å². The third-order valence-electron chi connectivity index (χ3n) is 3.20. The fourth-order valence-electron chi connectivity index (χ4n) is 2.02. The summed E-state index contributed by atoms with van der Waals surface area (Å²) in [5.74, 6) is -1.41. The third kappa shape index (κ3) is 18.3. The van der Waals surface area contributed by atoms with Crippen LogP contribution < -0.4 is 39.4 Å². The van der Waals surface area contributed by atoms with E-state index in [1.807, 2.05) is 4.72 Å². The Bertz CT molecular complexity index is 347. The van der Waals surface area contributed by atoms with Crippen LogP contribution in [-0.4, -0.2) is 26.7 Å². The second kappa shape index (κ2) is 15.3. The van der Waals surface area contributed by atoms with Crippen LogP contribution in [0.4, 0.5) is 0 Å². The molecule has 0 saturated carbocycles. The molecule has 0 radical (unpaired) electrons. The molecular formula is C14H28NNaO4S. The van der Waals surface area contributed by atoms with Crippen molar-refractivity contribution >= 4 is 16.0 Å². The van der Waals surface area contributed by atoms with Gasteiger partial charge in [0, 0.05) is 0 Å². The maximum atomic E-state index is 11.4. The molecule has 0 aliphatic carbocycles. The number of aliphatic carboxylic acids is 1. The normalized spacial score (nSPS) is 11.1. The summed E-state index contributed by atoms with van der Waals surface area (Å²) in [6, 6.07) is 0. The number of nitrogens with one attached hydrogen (secondary N) is 1. The Morgan fingerprint density at radius 2 is 1.33 bits per heavy atom. The largest absolute Gasteiger partial charge is 1.00 e. The van der Waals surface area contributed by atoms with Crippen LogP contribution in [0.1, 0.15) is 71.1 Å². The fourth-order valence-corrected chi connectivity index (χ4v) is 3.09. The van der Waals surface area contributed by atoms with Crippen LogP contribution in [-0.2, 0) is 14.8 Å². The van der Waals surface area contributed by atoms with Crippen molar-refractivity contribution in [2.45, 2.75) is 71.1 Å². The van der Waals surface area contributed by atoms with Gasteiger partial charge in [0.05, 0.1) is 18.3 Å². The molecule has 5 nitrogen and oxygen atoms in total. The van der Waals surface area contributed by atoms with Crippen LogP contribution in [0, 0.1) is 0 Å². The smallest absolute Gasteiger partial charge is 0.549 e. The molecule has 0 aromatic rings. The van der Waals surface area contributed by atoms with Crippen molar-refractivity contribution in [3.63, 3.8) is 0 Å². The minimum atomic E-state index is -3.46. The first-order chi connectivity index (χ1) is 9.48. The first-order valence-corrected chi connectivity index (χ1v) is 9.30. The first kappa shape index (κ1) is 23.6. The molecule has 0 heterocycles. The molecule has 7 heteroatoms. The summed E-state index contributed by atoms with van der Waals surface area (Å²) in [7, 11) is -3.46. The minimum absolute atomic E-state index is 0. The van der Waals surface area contributed by atoms with E-state index in [0.29, 0.717) is 6.42 Å². The van der Waals surface area contributed by atoms with Gasteiger partial charge >= 0.3 is 29.6 Å². The van der Waals surface area contributed by atoms with Gasteiger partial charge in [-0.3, -0.25) is 0 Å². The van der Waals surface area contributed by atoms with E-state index in [4.69, 9.17) is 0 Å². The zero-order valence-electron chi connectivity index (χ0n) is 13.5. The summed E-state index contributed by atoms with van der Waals surface area (Å²) >= 11 is 0. The third-order valence-corrected chi connectivity index (χ3v) is 4.61. The average molecular weight is 329 g/mol. The van der Waals surface area contributed by atoms with E-state index in [0.717, 1.165) is 19.3 Å². The predicted molar refractivity (Wildman–Crippen MR) is 78.6 cm³/mol. The molecule has 0 rings (SSSR count). The van der Waals surface area contributed by atoms with Gasteiger partial charge in [0.2, 0.25) is 10.0 Å². The molecule has 0 aromatic carbocycles. The Morgan fingerprint density at radius 1 is 0.905 bits per heavy atom. The van der Waals surface area contributed by atoms with Crippen LogP contribution in [0.3, 0.4) is 0 Å². The molecule has 0 aliphatic heterocycles. The van der Waals surface area contributed by atoms with E-state index in [-0.39, 0.29) is 35.3 Å². The summed E-state index contributed by atoms with van der Waals surface area (Å²) in [6.45, 7) is 1.57. The fraction of sp³-hybridized carbons (Fsp3) is 0.929. The van der Waals surface area contributed by atoms with E-state index < -0.39 is 22.5 Å². The van der Waals surface area contributed by atoms with Crippen LogP contribution in [0.15, 0.2) is 0 Å². The van der Waals surface area contributed by atoms with Crippen molar-refractivity contribution in [3.8, 4) is 0 Å². The van der Waals surface area contributed by atoms with Crippen molar-refractivity contribution in [1.82, 2.24) is 4.72 Å². The summed E-state index contributed by atoms with van der Waals surface area (Å²) in [6.07, 6.45) is 11.3. The average Bonchev–Trinajstić information content (AvgIpc) is 2.39. The zero-order valence-corrected chi connectivity index (χ0v) is 16.3. The molecule has 0 saturated heterocycles. The second-order valence-electron chi connectivity index (χ2n) is 5.19. The van der Waals surface area contributed by atoms with Crippen LogP contribution in [0.2, 0.25) is 0 Å². The molecule has 21 heavy (non-hydrogen) atoms.